The van der Waals surface area contributed by atoms with Crippen LogP contribution in [0, 0.1) is 0 Å². The van der Waals surface area contributed by atoms with E-state index in [-0.39, 0.29) is 30.3 Å². The van der Waals surface area contributed by atoms with Crippen LogP contribution in [0.3, 0.4) is 0 Å². The van der Waals surface area contributed by atoms with Gasteiger partial charge in [0.1, 0.15) is 0 Å². The van der Waals surface area contributed by atoms with Gasteiger partial charge in [-0.3, -0.25) is 4.79 Å². The third-order valence-corrected chi connectivity index (χ3v) is 4.11. The summed E-state index contributed by atoms with van der Waals surface area (Å²) >= 11 is 0. The largest absolute Gasteiger partial charge is 0.416 e. The predicted octanol–water partition coefficient (Wildman–Crippen LogP) is 3.44. The van der Waals surface area contributed by atoms with Crippen molar-refractivity contribution < 1.29 is 18.0 Å². The van der Waals surface area contributed by atoms with E-state index < -0.39 is 11.7 Å². The molecule has 1 saturated heterocycles. The van der Waals surface area contributed by atoms with Gasteiger partial charge in [-0.05, 0) is 30.5 Å². The quantitative estimate of drug-likeness (QED) is 0.905. The Hall–Kier alpha value is -1.27. The summed E-state index contributed by atoms with van der Waals surface area (Å²) in [6, 6.07) is 5.22. The Morgan fingerprint density at radius 3 is 2.48 bits per heavy atom. The van der Waals surface area contributed by atoms with Gasteiger partial charge in [0.05, 0.1) is 5.56 Å². The van der Waals surface area contributed by atoms with Crippen LogP contribution in [-0.2, 0) is 11.0 Å². The molecule has 1 unspecified atom stereocenters. The second kappa shape index (κ2) is 8.02. The van der Waals surface area contributed by atoms with Crippen molar-refractivity contribution in [2.24, 2.45) is 0 Å². The number of piperazine rings is 1. The van der Waals surface area contributed by atoms with Gasteiger partial charge in [-0.15, -0.1) is 12.4 Å². The minimum Gasteiger partial charge on any atom is -0.337 e. The first kappa shape index (κ1) is 19.8. The highest BCUT2D eigenvalue weighted by Crippen LogP contribution is 2.30. The van der Waals surface area contributed by atoms with E-state index in [2.05, 4.69) is 5.32 Å². The van der Waals surface area contributed by atoms with Crippen LogP contribution in [0.1, 0.15) is 37.3 Å². The van der Waals surface area contributed by atoms with Crippen LogP contribution < -0.4 is 5.32 Å². The molecule has 1 aliphatic heterocycles. The first-order valence-electron chi connectivity index (χ1n) is 7.46. The summed E-state index contributed by atoms with van der Waals surface area (Å²) in [7, 11) is 0. The zero-order chi connectivity index (χ0) is 16.3. The third kappa shape index (κ3) is 5.11. The normalized spacial score (nSPS) is 19.9. The summed E-state index contributed by atoms with van der Waals surface area (Å²) in [6.07, 6.45) is -4.01. The van der Waals surface area contributed by atoms with Crippen molar-refractivity contribution in [2.45, 2.75) is 38.4 Å². The number of hydrogen-bond donors (Lipinski definition) is 1. The Balaban J connectivity index is 0.00000264. The van der Waals surface area contributed by atoms with Crippen LogP contribution in [0.2, 0.25) is 0 Å². The Morgan fingerprint density at radius 1 is 1.35 bits per heavy atom. The lowest BCUT2D eigenvalue weighted by atomic mass is 9.95. The van der Waals surface area contributed by atoms with Crippen molar-refractivity contribution in [3.8, 4) is 0 Å². The van der Waals surface area contributed by atoms with Crippen LogP contribution in [-0.4, -0.2) is 36.5 Å². The smallest absolute Gasteiger partial charge is 0.337 e. The number of hydrogen-bond acceptors (Lipinski definition) is 2. The number of nitrogens with zero attached hydrogens (tertiary/aromatic N) is 1. The Morgan fingerprint density at radius 2 is 1.96 bits per heavy atom. The molecule has 2 rings (SSSR count). The van der Waals surface area contributed by atoms with Gasteiger partial charge >= 0.3 is 6.18 Å². The van der Waals surface area contributed by atoms with Gasteiger partial charge in [-0.2, -0.15) is 13.2 Å². The second-order valence-electron chi connectivity index (χ2n) is 5.87. The van der Waals surface area contributed by atoms with Crippen LogP contribution in [0.5, 0.6) is 0 Å². The highest BCUT2D eigenvalue weighted by molar-refractivity contribution is 5.85. The lowest BCUT2D eigenvalue weighted by Gasteiger charge is -2.34. The molecule has 0 bridgehead atoms. The van der Waals surface area contributed by atoms with E-state index in [1.165, 1.54) is 12.1 Å². The number of amides is 1. The monoisotopic (exact) mass is 350 g/mol. The summed E-state index contributed by atoms with van der Waals surface area (Å²) in [5, 5.41) is 3.22. The molecule has 1 aromatic carbocycles. The van der Waals surface area contributed by atoms with Crippen LogP contribution >= 0.6 is 12.4 Å². The molecule has 1 N–H and O–H groups in total. The van der Waals surface area contributed by atoms with Gasteiger partial charge in [0, 0.05) is 32.1 Å². The number of alkyl halides is 3. The fourth-order valence-corrected chi connectivity index (χ4v) is 2.71. The number of carbonyl (C=O) groups is 1. The molecule has 130 valence electrons. The molecule has 1 amide bonds. The molecular formula is C16H22ClF3N2O. The van der Waals surface area contributed by atoms with Crippen molar-refractivity contribution in [3.63, 3.8) is 0 Å². The maximum absolute atomic E-state index is 12.5. The highest BCUT2D eigenvalue weighted by Gasteiger charge is 2.30. The van der Waals surface area contributed by atoms with E-state index in [0.29, 0.717) is 13.0 Å². The molecule has 2 atom stereocenters. The molecule has 3 nitrogen and oxygen atoms in total. The summed E-state index contributed by atoms with van der Waals surface area (Å²) in [6.45, 7) is 6.10. The van der Waals surface area contributed by atoms with E-state index in [1.54, 1.807) is 0 Å². The molecule has 0 aliphatic carbocycles. The van der Waals surface area contributed by atoms with Crippen LogP contribution in [0.25, 0.3) is 0 Å². The maximum Gasteiger partial charge on any atom is 0.416 e. The van der Waals surface area contributed by atoms with E-state index >= 15 is 0 Å². The molecule has 0 aromatic heterocycles. The van der Waals surface area contributed by atoms with E-state index in [9.17, 15) is 18.0 Å². The zero-order valence-corrected chi connectivity index (χ0v) is 14.0. The molecule has 7 heteroatoms. The summed E-state index contributed by atoms with van der Waals surface area (Å²) < 4.78 is 37.6. The van der Waals surface area contributed by atoms with E-state index in [4.69, 9.17) is 0 Å². The Kier molecular flexibility index (Phi) is 6.89. The highest BCUT2D eigenvalue weighted by atomic mass is 35.5. The minimum atomic E-state index is -4.33. The number of rotatable bonds is 3. The lowest BCUT2D eigenvalue weighted by Crippen LogP contribution is -2.52. The fourth-order valence-electron chi connectivity index (χ4n) is 2.71. The number of halogens is 4. The SMILES string of the molecule is CC(CC(=O)N1CCNC[C@@H]1C)c1ccc(C(F)(F)F)cc1.Cl. The molecular weight excluding hydrogens is 329 g/mol. The van der Waals surface area contributed by atoms with Gasteiger partial charge in [0.2, 0.25) is 5.91 Å². The van der Waals surface area contributed by atoms with Gasteiger partial charge in [-0.1, -0.05) is 19.1 Å². The molecule has 1 fully saturated rings. The second-order valence-corrected chi connectivity index (χ2v) is 5.87. The van der Waals surface area contributed by atoms with Gasteiger partial charge in [0.15, 0.2) is 0 Å². The zero-order valence-electron chi connectivity index (χ0n) is 13.2. The average molecular weight is 351 g/mol. The molecule has 1 heterocycles. The van der Waals surface area contributed by atoms with Crippen molar-refractivity contribution in [1.82, 2.24) is 10.2 Å². The summed E-state index contributed by atoms with van der Waals surface area (Å²) in [4.78, 5) is 14.2. The van der Waals surface area contributed by atoms with Crippen LogP contribution in [0.4, 0.5) is 13.2 Å². The molecule has 1 aliphatic rings. The molecule has 0 spiro atoms. The van der Waals surface area contributed by atoms with E-state index in [0.717, 1.165) is 30.8 Å². The van der Waals surface area contributed by atoms with Crippen molar-refractivity contribution in [1.29, 1.82) is 0 Å². The lowest BCUT2D eigenvalue weighted by molar-refractivity contribution is -0.137. The first-order valence-corrected chi connectivity index (χ1v) is 7.46. The van der Waals surface area contributed by atoms with Gasteiger partial charge in [0.25, 0.3) is 0 Å². The first-order chi connectivity index (χ1) is 10.3. The Bertz CT molecular complexity index is 519. The standard InChI is InChI=1S/C16H21F3N2O.ClH/c1-11(9-15(22)21-8-7-20-10-12(21)2)13-3-5-14(6-4-13)16(17,18)19;/h3-6,11-12,20H,7-10H2,1-2H3;1H/t11?,12-;/m0./s1. The summed E-state index contributed by atoms with van der Waals surface area (Å²) in [5.41, 5.74) is 0.0923. The number of benzene rings is 1. The minimum absolute atomic E-state index is 0. The third-order valence-electron chi connectivity index (χ3n) is 4.11. The molecule has 1 aromatic rings. The van der Waals surface area contributed by atoms with Gasteiger partial charge < -0.3 is 10.2 Å². The molecule has 0 saturated carbocycles. The van der Waals surface area contributed by atoms with Crippen molar-refractivity contribution in [3.05, 3.63) is 35.4 Å². The summed E-state index contributed by atoms with van der Waals surface area (Å²) in [5.74, 6) is -0.0433. The van der Waals surface area contributed by atoms with E-state index in [1.807, 2.05) is 18.7 Å². The Labute approximate surface area is 140 Å². The van der Waals surface area contributed by atoms with Crippen molar-refractivity contribution >= 4 is 18.3 Å². The molecule has 23 heavy (non-hydrogen) atoms. The average Bonchev–Trinajstić information content (AvgIpc) is 2.46. The number of carbonyl (C=O) groups excluding carboxylic acids is 1. The predicted molar refractivity (Wildman–Crippen MR) is 85.8 cm³/mol. The van der Waals surface area contributed by atoms with Crippen LogP contribution in [0.15, 0.2) is 24.3 Å². The molecule has 0 radical (unpaired) electrons. The topological polar surface area (TPSA) is 32.3 Å². The van der Waals surface area contributed by atoms with Gasteiger partial charge in [-0.25, -0.2) is 0 Å². The fraction of sp³-hybridized carbons (Fsp3) is 0.562. The van der Waals surface area contributed by atoms with Crippen molar-refractivity contribution in [2.75, 3.05) is 19.6 Å². The maximum atomic E-state index is 12.5. The number of nitrogens with one attached hydrogen (secondary N) is 1.